The number of unbranched alkanes of at least 4 members (excludes halogenated alkanes) is 2. The Morgan fingerprint density at radius 1 is 1.41 bits per heavy atom. The molecule has 1 aromatic heterocycles. The summed E-state index contributed by atoms with van der Waals surface area (Å²) in [6.07, 6.45) is 3.54. The van der Waals surface area contributed by atoms with Gasteiger partial charge in [-0.1, -0.05) is 43.0 Å². The van der Waals surface area contributed by atoms with Crippen LogP contribution in [0.4, 0.5) is 5.69 Å². The number of halogens is 2. The summed E-state index contributed by atoms with van der Waals surface area (Å²) in [6, 6.07) is 1.68. The Balaban J connectivity index is 2.65. The largest absolute Gasteiger partial charge is 0.323 e. The molecule has 1 heterocycles. The van der Waals surface area contributed by atoms with E-state index in [2.05, 4.69) is 17.2 Å². The lowest BCUT2D eigenvalue weighted by Gasteiger charge is -2.10. The molecule has 0 saturated carbocycles. The smallest absolute Gasteiger partial charge is 0.224 e. The lowest BCUT2D eigenvalue weighted by atomic mass is 10.2. The number of pyridine rings is 1. The lowest BCUT2D eigenvalue weighted by molar-refractivity contribution is -0.116. The van der Waals surface area contributed by atoms with Gasteiger partial charge in [0, 0.05) is 6.42 Å². The molecule has 0 aromatic carbocycles. The molecule has 17 heavy (non-hydrogen) atoms. The van der Waals surface area contributed by atoms with Crippen LogP contribution in [0.25, 0.3) is 0 Å². The Kier molecular flexibility index (Phi) is 5.72. The van der Waals surface area contributed by atoms with Crippen molar-refractivity contribution in [2.75, 3.05) is 5.32 Å². The van der Waals surface area contributed by atoms with Gasteiger partial charge in [0.25, 0.3) is 0 Å². The minimum absolute atomic E-state index is 0.0347. The molecule has 0 unspecified atom stereocenters. The summed E-state index contributed by atoms with van der Waals surface area (Å²) < 4.78 is 0. The minimum Gasteiger partial charge on any atom is -0.323 e. The van der Waals surface area contributed by atoms with Gasteiger partial charge in [-0.15, -0.1) is 0 Å². The number of rotatable bonds is 5. The third-order valence-electron chi connectivity index (χ3n) is 2.41. The minimum atomic E-state index is -0.0347. The van der Waals surface area contributed by atoms with Gasteiger partial charge in [-0.05, 0) is 25.0 Å². The average molecular weight is 275 g/mol. The molecule has 0 bridgehead atoms. The summed E-state index contributed by atoms with van der Waals surface area (Å²) in [5.41, 5.74) is 1.37. The summed E-state index contributed by atoms with van der Waals surface area (Å²) in [6.45, 7) is 3.93. The summed E-state index contributed by atoms with van der Waals surface area (Å²) in [4.78, 5) is 15.5. The first kappa shape index (κ1) is 14.3. The van der Waals surface area contributed by atoms with Gasteiger partial charge in [0.2, 0.25) is 5.91 Å². The third-order valence-corrected chi connectivity index (χ3v) is 2.88. The molecule has 1 amide bonds. The van der Waals surface area contributed by atoms with Crippen molar-refractivity contribution in [2.45, 2.75) is 39.5 Å². The number of hydrogen-bond donors (Lipinski definition) is 1. The number of anilines is 1. The molecule has 1 N–H and O–H groups in total. The Hall–Kier alpha value is -0.800. The zero-order valence-corrected chi connectivity index (χ0v) is 11.5. The maximum absolute atomic E-state index is 11.6. The van der Waals surface area contributed by atoms with E-state index in [1.807, 2.05) is 6.92 Å². The molecular weight excluding hydrogens is 259 g/mol. The summed E-state index contributed by atoms with van der Waals surface area (Å²) in [5, 5.41) is 3.34. The van der Waals surface area contributed by atoms with Gasteiger partial charge in [0.05, 0.1) is 5.69 Å². The molecule has 0 spiro atoms. The number of aromatic nitrogens is 1. The second kappa shape index (κ2) is 6.82. The van der Waals surface area contributed by atoms with Crippen LogP contribution in [0.1, 0.15) is 38.2 Å². The van der Waals surface area contributed by atoms with E-state index in [1.54, 1.807) is 6.07 Å². The predicted molar refractivity (Wildman–Crippen MR) is 71.8 cm³/mol. The Morgan fingerprint density at radius 3 is 2.71 bits per heavy atom. The molecule has 0 radical (unpaired) electrons. The first-order chi connectivity index (χ1) is 8.04. The van der Waals surface area contributed by atoms with Crippen molar-refractivity contribution in [2.24, 2.45) is 0 Å². The van der Waals surface area contributed by atoms with Crippen molar-refractivity contribution in [1.29, 1.82) is 0 Å². The fourth-order valence-corrected chi connectivity index (χ4v) is 2.06. The topological polar surface area (TPSA) is 42.0 Å². The number of hydrogen-bond acceptors (Lipinski definition) is 2. The van der Waals surface area contributed by atoms with Crippen molar-refractivity contribution in [3.63, 3.8) is 0 Å². The highest BCUT2D eigenvalue weighted by Gasteiger charge is 2.10. The highest BCUT2D eigenvalue weighted by molar-refractivity contribution is 6.34. The van der Waals surface area contributed by atoms with Crippen LogP contribution in [-0.2, 0) is 4.79 Å². The van der Waals surface area contributed by atoms with Crippen molar-refractivity contribution in [3.8, 4) is 0 Å². The van der Waals surface area contributed by atoms with Crippen LogP contribution in [-0.4, -0.2) is 10.9 Å². The Morgan fingerprint density at radius 2 is 2.12 bits per heavy atom. The average Bonchev–Trinajstić information content (AvgIpc) is 2.24. The maximum atomic E-state index is 11.6. The van der Waals surface area contributed by atoms with Crippen LogP contribution >= 0.6 is 23.2 Å². The Bertz CT molecular complexity index is 384. The molecule has 3 nitrogen and oxygen atoms in total. The second-order valence-corrected chi connectivity index (χ2v) is 4.68. The molecule has 1 rings (SSSR count). The number of carbonyl (C=O) groups is 1. The molecular formula is C12H16Cl2N2O. The van der Waals surface area contributed by atoms with Crippen LogP contribution < -0.4 is 5.32 Å². The van der Waals surface area contributed by atoms with Crippen LogP contribution in [0.3, 0.4) is 0 Å². The zero-order valence-electron chi connectivity index (χ0n) is 10.0. The van der Waals surface area contributed by atoms with Crippen LogP contribution in [0.5, 0.6) is 0 Å². The van der Waals surface area contributed by atoms with E-state index in [0.717, 1.165) is 24.8 Å². The zero-order chi connectivity index (χ0) is 12.8. The van der Waals surface area contributed by atoms with Crippen molar-refractivity contribution in [1.82, 2.24) is 4.98 Å². The highest BCUT2D eigenvalue weighted by Crippen LogP contribution is 2.26. The van der Waals surface area contributed by atoms with Gasteiger partial charge in [-0.2, -0.15) is 0 Å². The van der Waals surface area contributed by atoms with E-state index in [9.17, 15) is 4.79 Å². The van der Waals surface area contributed by atoms with Crippen LogP contribution in [0, 0.1) is 6.92 Å². The van der Waals surface area contributed by atoms with E-state index in [0.29, 0.717) is 17.3 Å². The van der Waals surface area contributed by atoms with Gasteiger partial charge < -0.3 is 5.32 Å². The molecule has 0 saturated heterocycles. The standard InChI is InChI=1S/C12H16Cl2N2O/c1-3-4-5-6-10(17)16-11-8(2)7-9(13)15-12(11)14/h7H,3-6H2,1-2H3,(H,16,17). The molecule has 0 aliphatic rings. The van der Waals surface area contributed by atoms with Crippen molar-refractivity contribution >= 4 is 34.8 Å². The van der Waals surface area contributed by atoms with Crippen LogP contribution in [0.2, 0.25) is 10.3 Å². The normalized spacial score (nSPS) is 10.4. The fourth-order valence-electron chi connectivity index (χ4n) is 1.48. The van der Waals surface area contributed by atoms with E-state index < -0.39 is 0 Å². The van der Waals surface area contributed by atoms with Gasteiger partial charge in [-0.3, -0.25) is 4.79 Å². The summed E-state index contributed by atoms with van der Waals surface area (Å²) >= 11 is 11.7. The summed E-state index contributed by atoms with van der Waals surface area (Å²) in [7, 11) is 0. The number of carbonyl (C=O) groups excluding carboxylic acids is 1. The first-order valence-electron chi connectivity index (χ1n) is 5.67. The monoisotopic (exact) mass is 274 g/mol. The van der Waals surface area contributed by atoms with Crippen molar-refractivity contribution in [3.05, 3.63) is 21.9 Å². The van der Waals surface area contributed by atoms with Gasteiger partial charge >= 0.3 is 0 Å². The van der Waals surface area contributed by atoms with E-state index in [-0.39, 0.29) is 11.1 Å². The summed E-state index contributed by atoms with van der Waals surface area (Å²) in [5.74, 6) is -0.0347. The number of aryl methyl sites for hydroxylation is 1. The van der Waals surface area contributed by atoms with E-state index >= 15 is 0 Å². The number of nitrogens with zero attached hydrogens (tertiary/aromatic N) is 1. The van der Waals surface area contributed by atoms with Crippen LogP contribution in [0.15, 0.2) is 6.07 Å². The predicted octanol–water partition coefficient (Wildman–Crippen LogP) is 4.22. The molecule has 5 heteroatoms. The highest BCUT2D eigenvalue weighted by atomic mass is 35.5. The lowest BCUT2D eigenvalue weighted by Crippen LogP contribution is -2.13. The van der Waals surface area contributed by atoms with E-state index in [4.69, 9.17) is 23.2 Å². The molecule has 1 aromatic rings. The number of amides is 1. The third kappa shape index (κ3) is 4.52. The molecule has 94 valence electrons. The van der Waals surface area contributed by atoms with Gasteiger partial charge in [0.1, 0.15) is 5.15 Å². The fraction of sp³-hybridized carbons (Fsp3) is 0.500. The van der Waals surface area contributed by atoms with E-state index in [1.165, 1.54) is 0 Å². The quantitative estimate of drug-likeness (QED) is 0.645. The SMILES string of the molecule is CCCCCC(=O)Nc1c(C)cc(Cl)nc1Cl. The second-order valence-electron chi connectivity index (χ2n) is 3.93. The molecule has 0 fully saturated rings. The maximum Gasteiger partial charge on any atom is 0.224 e. The van der Waals surface area contributed by atoms with Gasteiger partial charge in [0.15, 0.2) is 5.15 Å². The molecule has 0 atom stereocenters. The molecule has 0 aliphatic carbocycles. The Labute approximate surface area is 112 Å². The first-order valence-corrected chi connectivity index (χ1v) is 6.42. The van der Waals surface area contributed by atoms with Crippen molar-refractivity contribution < 1.29 is 4.79 Å². The van der Waals surface area contributed by atoms with Gasteiger partial charge in [-0.25, -0.2) is 4.98 Å². The number of nitrogens with one attached hydrogen (secondary N) is 1. The molecule has 0 aliphatic heterocycles.